The molecule has 0 bridgehead atoms. The standard InChI is InChI=1S/C76H130O6/c1-4-7-10-13-16-18-20-22-24-26-28-30-32-34-36-37-38-39-41-42-44-46-48-50-52-54-56-58-60-63-66-69-75(78)81-72-73(71-80-74(77)68-65-62-15-12-9-6-3)82-76(79)70-67-64-61-59-57-55-53-51-49-47-45-43-40-35-33-31-29-27-25-23-21-19-17-14-11-8-5-2/h8,11,17,19,23,25-26,28-29,31,35,40,45,47,51,53,57,59,73H,4-7,9-10,12-16,18,20-22,24,27,30,32-34,36-39,41-44,46,48-50,52,54-56,58,60-72H2,1-3H3/b11-8-,19-17-,25-23-,28-26-,31-29-,40-35-,47-45-,53-51-,59-57-. The molecule has 0 fully saturated rings. The van der Waals surface area contributed by atoms with E-state index in [1.54, 1.807) is 0 Å². The highest BCUT2D eigenvalue weighted by atomic mass is 16.6. The highest BCUT2D eigenvalue weighted by Gasteiger charge is 2.19. The van der Waals surface area contributed by atoms with Crippen LogP contribution in [0.4, 0.5) is 0 Å². The van der Waals surface area contributed by atoms with Crippen molar-refractivity contribution in [2.75, 3.05) is 13.2 Å². The summed E-state index contributed by atoms with van der Waals surface area (Å²) >= 11 is 0. The summed E-state index contributed by atoms with van der Waals surface area (Å²) in [7, 11) is 0. The third kappa shape index (κ3) is 66.9. The lowest BCUT2D eigenvalue weighted by atomic mass is 10.0. The molecule has 0 radical (unpaired) electrons. The Morgan fingerprint density at radius 3 is 0.780 bits per heavy atom. The number of ether oxygens (including phenoxy) is 3. The molecule has 0 aromatic heterocycles. The maximum Gasteiger partial charge on any atom is 0.306 e. The molecule has 0 saturated heterocycles. The first-order chi connectivity index (χ1) is 40.5. The van der Waals surface area contributed by atoms with Crippen LogP contribution in [0.3, 0.4) is 0 Å². The van der Waals surface area contributed by atoms with Gasteiger partial charge in [0.25, 0.3) is 0 Å². The fourth-order valence-corrected chi connectivity index (χ4v) is 9.81. The molecule has 0 N–H and O–H groups in total. The molecule has 0 amide bonds. The van der Waals surface area contributed by atoms with Gasteiger partial charge in [-0.25, -0.2) is 0 Å². The van der Waals surface area contributed by atoms with E-state index in [2.05, 4.69) is 130 Å². The van der Waals surface area contributed by atoms with Crippen molar-refractivity contribution in [1.29, 1.82) is 0 Å². The predicted molar refractivity (Wildman–Crippen MR) is 357 cm³/mol. The van der Waals surface area contributed by atoms with Crippen LogP contribution in [0.15, 0.2) is 109 Å². The maximum absolute atomic E-state index is 12.9. The Morgan fingerprint density at radius 1 is 0.256 bits per heavy atom. The van der Waals surface area contributed by atoms with Gasteiger partial charge in [0.15, 0.2) is 6.10 Å². The monoisotopic (exact) mass is 1140 g/mol. The minimum Gasteiger partial charge on any atom is -0.462 e. The average Bonchev–Trinajstić information content (AvgIpc) is 3.47. The fraction of sp³-hybridized carbons (Fsp3) is 0.724. The van der Waals surface area contributed by atoms with Crippen molar-refractivity contribution in [2.24, 2.45) is 0 Å². The molecule has 1 unspecified atom stereocenters. The van der Waals surface area contributed by atoms with Crippen LogP contribution in [0.2, 0.25) is 0 Å². The highest BCUT2D eigenvalue weighted by molar-refractivity contribution is 5.71. The second kappa shape index (κ2) is 69.6. The second-order valence-corrected chi connectivity index (χ2v) is 23.1. The third-order valence-electron chi connectivity index (χ3n) is 15.0. The van der Waals surface area contributed by atoms with Crippen molar-refractivity contribution in [2.45, 2.75) is 341 Å². The Morgan fingerprint density at radius 2 is 0.476 bits per heavy atom. The van der Waals surface area contributed by atoms with Crippen molar-refractivity contribution in [3.8, 4) is 0 Å². The topological polar surface area (TPSA) is 78.9 Å². The normalized spacial score (nSPS) is 12.8. The van der Waals surface area contributed by atoms with Crippen LogP contribution in [0.25, 0.3) is 0 Å². The Balaban J connectivity index is 4.10. The van der Waals surface area contributed by atoms with Crippen LogP contribution in [0.5, 0.6) is 0 Å². The Kier molecular flexibility index (Phi) is 66.2. The van der Waals surface area contributed by atoms with Gasteiger partial charge in [-0.2, -0.15) is 0 Å². The summed E-state index contributed by atoms with van der Waals surface area (Å²) in [5, 5.41) is 0. The van der Waals surface area contributed by atoms with Crippen molar-refractivity contribution < 1.29 is 28.6 Å². The number of rotatable bonds is 63. The summed E-state index contributed by atoms with van der Waals surface area (Å²) in [4.78, 5) is 38.1. The molecule has 0 heterocycles. The van der Waals surface area contributed by atoms with Crippen LogP contribution < -0.4 is 0 Å². The average molecular weight is 1140 g/mol. The van der Waals surface area contributed by atoms with Crippen molar-refractivity contribution in [1.82, 2.24) is 0 Å². The van der Waals surface area contributed by atoms with E-state index in [1.807, 2.05) is 0 Å². The summed E-state index contributed by atoms with van der Waals surface area (Å²) in [5.74, 6) is -0.939. The maximum atomic E-state index is 12.9. The Labute approximate surface area is 508 Å². The molecule has 0 aromatic rings. The molecule has 0 spiro atoms. The van der Waals surface area contributed by atoms with Gasteiger partial charge in [-0.15, -0.1) is 0 Å². The summed E-state index contributed by atoms with van der Waals surface area (Å²) in [6, 6.07) is 0. The molecular weight excluding hydrogens is 1010 g/mol. The second-order valence-electron chi connectivity index (χ2n) is 23.1. The molecule has 82 heavy (non-hydrogen) atoms. The first kappa shape index (κ1) is 78.1. The Bertz CT molecular complexity index is 1640. The van der Waals surface area contributed by atoms with Crippen LogP contribution in [0, 0.1) is 0 Å². The van der Waals surface area contributed by atoms with Crippen LogP contribution in [0.1, 0.15) is 335 Å². The fourth-order valence-electron chi connectivity index (χ4n) is 9.81. The molecule has 0 rings (SSSR count). The lowest BCUT2D eigenvalue weighted by Gasteiger charge is -2.18. The molecule has 6 nitrogen and oxygen atoms in total. The SMILES string of the molecule is CC/C=C\C/C=C\C/C=C\C/C=C\C/C=C\C/C=C\C/C=C\C/C=C\CCCCC(=O)OC(COC(=O)CCCCCCCC)COC(=O)CCCCCCCCCCCCCCCCCCCCC/C=C\CCCCCCCCCC. The zero-order valence-corrected chi connectivity index (χ0v) is 54.0. The van der Waals surface area contributed by atoms with E-state index in [0.717, 1.165) is 103 Å². The summed E-state index contributed by atoms with van der Waals surface area (Å²) in [6.07, 6.45) is 96.0. The van der Waals surface area contributed by atoms with Crippen LogP contribution >= 0.6 is 0 Å². The van der Waals surface area contributed by atoms with Crippen LogP contribution in [-0.4, -0.2) is 37.2 Å². The van der Waals surface area contributed by atoms with Gasteiger partial charge in [-0.1, -0.05) is 316 Å². The van der Waals surface area contributed by atoms with Gasteiger partial charge < -0.3 is 14.2 Å². The summed E-state index contributed by atoms with van der Waals surface area (Å²) in [5.41, 5.74) is 0. The van der Waals surface area contributed by atoms with E-state index in [1.165, 1.54) is 186 Å². The molecule has 0 aromatic carbocycles. The largest absolute Gasteiger partial charge is 0.462 e. The van der Waals surface area contributed by atoms with Crippen LogP contribution in [-0.2, 0) is 28.6 Å². The molecule has 0 aliphatic carbocycles. The molecule has 0 aliphatic heterocycles. The number of carbonyl (C=O) groups is 3. The number of allylic oxidation sites excluding steroid dienone is 18. The van der Waals surface area contributed by atoms with Gasteiger partial charge in [-0.05, 0) is 109 Å². The number of hydrogen-bond acceptors (Lipinski definition) is 6. The lowest BCUT2D eigenvalue weighted by molar-refractivity contribution is -0.167. The van der Waals surface area contributed by atoms with Crippen molar-refractivity contribution >= 4 is 17.9 Å². The van der Waals surface area contributed by atoms with Crippen molar-refractivity contribution in [3.05, 3.63) is 109 Å². The first-order valence-electron chi connectivity index (χ1n) is 34.9. The van der Waals surface area contributed by atoms with Crippen molar-refractivity contribution in [3.63, 3.8) is 0 Å². The van der Waals surface area contributed by atoms with Gasteiger partial charge in [0.1, 0.15) is 13.2 Å². The van der Waals surface area contributed by atoms with E-state index < -0.39 is 6.10 Å². The number of unbranched alkanes of at least 4 members (excludes halogenated alkanes) is 34. The zero-order valence-electron chi connectivity index (χ0n) is 54.0. The quantitative estimate of drug-likeness (QED) is 0.0261. The third-order valence-corrected chi connectivity index (χ3v) is 15.0. The molecule has 1 atom stereocenters. The van der Waals surface area contributed by atoms with E-state index in [9.17, 15) is 14.4 Å². The minimum absolute atomic E-state index is 0.0940. The molecule has 470 valence electrons. The lowest BCUT2D eigenvalue weighted by Crippen LogP contribution is -2.30. The van der Waals surface area contributed by atoms with E-state index in [-0.39, 0.29) is 37.5 Å². The predicted octanol–water partition coefficient (Wildman–Crippen LogP) is 24.2. The van der Waals surface area contributed by atoms with Gasteiger partial charge in [-0.3, -0.25) is 14.4 Å². The van der Waals surface area contributed by atoms with Gasteiger partial charge in [0.05, 0.1) is 0 Å². The Hall–Kier alpha value is -3.93. The van der Waals surface area contributed by atoms with Gasteiger partial charge in [0.2, 0.25) is 0 Å². The summed E-state index contributed by atoms with van der Waals surface area (Å²) in [6.45, 7) is 6.46. The van der Waals surface area contributed by atoms with Gasteiger partial charge >= 0.3 is 17.9 Å². The molecule has 0 saturated carbocycles. The molecule has 0 aliphatic rings. The zero-order chi connectivity index (χ0) is 59.2. The first-order valence-corrected chi connectivity index (χ1v) is 34.9. The summed E-state index contributed by atoms with van der Waals surface area (Å²) < 4.78 is 16.8. The van der Waals surface area contributed by atoms with E-state index in [4.69, 9.17) is 14.2 Å². The number of hydrogen-bond donors (Lipinski definition) is 0. The highest BCUT2D eigenvalue weighted by Crippen LogP contribution is 2.17. The van der Waals surface area contributed by atoms with E-state index in [0.29, 0.717) is 19.3 Å². The van der Waals surface area contributed by atoms with Gasteiger partial charge in [0, 0.05) is 19.3 Å². The van der Waals surface area contributed by atoms with E-state index >= 15 is 0 Å². The number of esters is 3. The molecular formula is C76H130O6. The minimum atomic E-state index is -0.800. The molecule has 6 heteroatoms. The smallest absolute Gasteiger partial charge is 0.306 e. The number of carbonyl (C=O) groups excluding carboxylic acids is 3.